The minimum absolute atomic E-state index is 0.0913. The number of hydrogen-bond donors (Lipinski definition) is 3. The van der Waals surface area contributed by atoms with E-state index < -0.39 is 0 Å². The molecule has 0 spiro atoms. The lowest BCUT2D eigenvalue weighted by Crippen LogP contribution is -2.14. The van der Waals surface area contributed by atoms with E-state index in [1.54, 1.807) is 0 Å². The van der Waals surface area contributed by atoms with E-state index in [9.17, 15) is 15.0 Å². The van der Waals surface area contributed by atoms with Gasteiger partial charge in [0.25, 0.3) is 0 Å². The van der Waals surface area contributed by atoms with Gasteiger partial charge in [-0.05, 0) is 29.8 Å². The van der Waals surface area contributed by atoms with Crippen molar-refractivity contribution in [1.82, 2.24) is 0 Å². The zero-order chi connectivity index (χ0) is 16.9. The molecular weight excluding hydrogens is 302 g/mol. The van der Waals surface area contributed by atoms with Crippen LogP contribution < -0.4 is 5.32 Å². The Morgan fingerprint density at radius 3 is 2.29 bits per heavy atom. The largest absolute Gasteiger partial charge is 0.504 e. The highest BCUT2D eigenvalue weighted by Crippen LogP contribution is 2.28. The molecule has 0 saturated carbocycles. The molecule has 0 heterocycles. The number of ketones is 1. The third kappa shape index (κ3) is 3.38. The average molecular weight is 319 g/mol. The molecule has 4 nitrogen and oxygen atoms in total. The Hall–Kier alpha value is -3.27. The van der Waals surface area contributed by atoms with Crippen molar-refractivity contribution in [2.75, 3.05) is 11.9 Å². The van der Waals surface area contributed by atoms with Crippen LogP contribution in [0.15, 0.2) is 72.8 Å². The molecule has 0 atom stereocenters. The molecule has 3 aromatic rings. The van der Waals surface area contributed by atoms with Crippen LogP contribution in [0.4, 0.5) is 5.69 Å². The van der Waals surface area contributed by atoms with E-state index in [4.69, 9.17) is 0 Å². The van der Waals surface area contributed by atoms with Crippen molar-refractivity contribution >= 4 is 11.5 Å². The molecule has 0 bridgehead atoms. The molecule has 0 aliphatic heterocycles. The quantitative estimate of drug-likeness (QED) is 0.490. The molecule has 0 radical (unpaired) electrons. The maximum absolute atomic E-state index is 12.3. The minimum atomic E-state index is -0.300. The normalized spacial score (nSPS) is 10.3. The van der Waals surface area contributed by atoms with E-state index in [1.165, 1.54) is 18.2 Å². The Bertz CT molecular complexity index is 860. The lowest BCUT2D eigenvalue weighted by atomic mass is 10.0. The number of para-hydroxylation sites is 1. The van der Waals surface area contributed by atoms with Gasteiger partial charge in [-0.25, -0.2) is 0 Å². The molecule has 0 unspecified atom stereocenters. The van der Waals surface area contributed by atoms with Crippen LogP contribution in [0.5, 0.6) is 11.5 Å². The molecule has 24 heavy (non-hydrogen) atoms. The number of Topliss-reactive ketones (excluding diaryl/α,β-unsaturated/α-hetero) is 1. The molecule has 3 N–H and O–H groups in total. The molecule has 0 fully saturated rings. The number of aromatic hydroxyl groups is 2. The van der Waals surface area contributed by atoms with E-state index in [-0.39, 0.29) is 23.8 Å². The fraction of sp³-hybridized carbons (Fsp3) is 0.0500. The number of phenols is 2. The summed E-state index contributed by atoms with van der Waals surface area (Å²) in [5.41, 5.74) is 3.28. The van der Waals surface area contributed by atoms with E-state index in [2.05, 4.69) is 5.32 Å². The van der Waals surface area contributed by atoms with Gasteiger partial charge in [-0.3, -0.25) is 4.79 Å². The van der Waals surface area contributed by atoms with Gasteiger partial charge in [-0.15, -0.1) is 0 Å². The summed E-state index contributed by atoms with van der Waals surface area (Å²) in [5, 5.41) is 22.0. The second-order valence-corrected chi connectivity index (χ2v) is 5.39. The lowest BCUT2D eigenvalue weighted by Gasteiger charge is -2.12. The highest BCUT2D eigenvalue weighted by molar-refractivity contribution is 6.00. The molecule has 3 rings (SSSR count). The monoisotopic (exact) mass is 319 g/mol. The van der Waals surface area contributed by atoms with Crippen LogP contribution in [0.2, 0.25) is 0 Å². The predicted molar refractivity (Wildman–Crippen MR) is 94.5 cm³/mol. The number of nitrogens with one attached hydrogen (secondary N) is 1. The Balaban J connectivity index is 1.77. The Morgan fingerprint density at radius 2 is 1.54 bits per heavy atom. The van der Waals surface area contributed by atoms with Gasteiger partial charge in [0.05, 0.1) is 6.54 Å². The Labute approximate surface area is 140 Å². The molecule has 0 aromatic heterocycles. The minimum Gasteiger partial charge on any atom is -0.504 e. The first kappa shape index (κ1) is 15.6. The van der Waals surface area contributed by atoms with Crippen LogP contribution in [-0.4, -0.2) is 22.5 Å². The van der Waals surface area contributed by atoms with E-state index >= 15 is 0 Å². The van der Waals surface area contributed by atoms with Crippen molar-refractivity contribution in [3.8, 4) is 22.6 Å². The number of hydrogen-bond acceptors (Lipinski definition) is 4. The maximum atomic E-state index is 12.3. The SMILES string of the molecule is O=C(CNc1ccccc1-c1ccccc1)c1ccc(O)c(O)c1. The zero-order valence-corrected chi connectivity index (χ0v) is 12.9. The molecule has 0 aliphatic rings. The van der Waals surface area contributed by atoms with Crippen LogP contribution >= 0.6 is 0 Å². The van der Waals surface area contributed by atoms with Crippen molar-refractivity contribution in [2.45, 2.75) is 0 Å². The van der Waals surface area contributed by atoms with E-state index in [0.717, 1.165) is 16.8 Å². The third-order valence-corrected chi connectivity index (χ3v) is 3.75. The van der Waals surface area contributed by atoms with Crippen molar-refractivity contribution in [3.63, 3.8) is 0 Å². The number of carbonyl (C=O) groups is 1. The zero-order valence-electron chi connectivity index (χ0n) is 12.9. The van der Waals surface area contributed by atoms with Gasteiger partial charge in [0.15, 0.2) is 17.3 Å². The summed E-state index contributed by atoms with van der Waals surface area (Å²) < 4.78 is 0. The average Bonchev–Trinajstić information content (AvgIpc) is 2.63. The second kappa shape index (κ2) is 6.87. The summed E-state index contributed by atoms with van der Waals surface area (Å²) in [5.74, 6) is -0.715. The van der Waals surface area contributed by atoms with Crippen molar-refractivity contribution in [2.24, 2.45) is 0 Å². The van der Waals surface area contributed by atoms with Gasteiger partial charge in [-0.2, -0.15) is 0 Å². The Kier molecular flexibility index (Phi) is 4.47. The van der Waals surface area contributed by atoms with Gasteiger partial charge < -0.3 is 15.5 Å². The standard InChI is InChI=1S/C20H17NO3/c22-18-11-10-15(12-19(18)23)20(24)13-21-17-9-5-4-8-16(17)14-6-2-1-3-7-14/h1-12,21-23H,13H2. The molecule has 0 amide bonds. The van der Waals surface area contributed by atoms with Gasteiger partial charge in [-0.1, -0.05) is 48.5 Å². The predicted octanol–water partition coefficient (Wildman–Crippen LogP) is 4.06. The summed E-state index contributed by atoms with van der Waals surface area (Å²) in [4.78, 5) is 12.3. The molecule has 3 aromatic carbocycles. The van der Waals surface area contributed by atoms with Crippen molar-refractivity contribution in [3.05, 3.63) is 78.4 Å². The highest BCUT2D eigenvalue weighted by Gasteiger charge is 2.10. The molecular formula is C20H17NO3. The fourth-order valence-electron chi connectivity index (χ4n) is 2.48. The summed E-state index contributed by atoms with van der Waals surface area (Å²) >= 11 is 0. The third-order valence-electron chi connectivity index (χ3n) is 3.75. The second-order valence-electron chi connectivity index (χ2n) is 5.39. The first-order valence-electron chi connectivity index (χ1n) is 7.58. The number of phenolic OH excluding ortho intramolecular Hbond substituents is 2. The van der Waals surface area contributed by atoms with Crippen LogP contribution in [0.3, 0.4) is 0 Å². The molecule has 0 saturated heterocycles. The lowest BCUT2D eigenvalue weighted by molar-refractivity contribution is 0.101. The van der Waals surface area contributed by atoms with Gasteiger partial charge in [0.2, 0.25) is 0 Å². The summed E-state index contributed by atoms with van der Waals surface area (Å²) in [6, 6.07) is 21.8. The molecule has 120 valence electrons. The number of anilines is 1. The van der Waals surface area contributed by atoms with Gasteiger partial charge >= 0.3 is 0 Å². The summed E-state index contributed by atoms with van der Waals surface area (Å²) in [6.07, 6.45) is 0. The van der Waals surface area contributed by atoms with Gasteiger partial charge in [0, 0.05) is 16.8 Å². The smallest absolute Gasteiger partial charge is 0.181 e. The van der Waals surface area contributed by atoms with Gasteiger partial charge in [0.1, 0.15) is 0 Å². The fourth-order valence-corrected chi connectivity index (χ4v) is 2.48. The van der Waals surface area contributed by atoms with E-state index in [0.29, 0.717) is 5.56 Å². The van der Waals surface area contributed by atoms with Crippen LogP contribution in [0.1, 0.15) is 10.4 Å². The van der Waals surface area contributed by atoms with E-state index in [1.807, 2.05) is 54.6 Å². The topological polar surface area (TPSA) is 69.6 Å². The highest BCUT2D eigenvalue weighted by atomic mass is 16.3. The molecule has 4 heteroatoms. The maximum Gasteiger partial charge on any atom is 0.181 e. The summed E-state index contributed by atoms with van der Waals surface area (Å²) in [6.45, 7) is 0.0913. The van der Waals surface area contributed by atoms with Crippen molar-refractivity contribution in [1.29, 1.82) is 0 Å². The summed E-state index contributed by atoms with van der Waals surface area (Å²) in [7, 11) is 0. The number of carbonyl (C=O) groups excluding carboxylic acids is 1. The van der Waals surface area contributed by atoms with Crippen LogP contribution in [0, 0.1) is 0 Å². The first-order valence-corrected chi connectivity index (χ1v) is 7.58. The number of benzene rings is 3. The Morgan fingerprint density at radius 1 is 0.833 bits per heavy atom. The van der Waals surface area contributed by atoms with Crippen molar-refractivity contribution < 1.29 is 15.0 Å². The first-order chi connectivity index (χ1) is 11.6. The van der Waals surface area contributed by atoms with Crippen LogP contribution in [-0.2, 0) is 0 Å². The number of rotatable bonds is 5. The molecule has 0 aliphatic carbocycles. The van der Waals surface area contributed by atoms with Crippen LogP contribution in [0.25, 0.3) is 11.1 Å².